The van der Waals surface area contributed by atoms with Crippen LogP contribution in [-0.2, 0) is 33.9 Å². The topological polar surface area (TPSA) is 97.0 Å². The predicted molar refractivity (Wildman–Crippen MR) is 154 cm³/mol. The van der Waals surface area contributed by atoms with E-state index < -0.39 is 0 Å². The number of likely N-dealkylation sites (tertiary alicyclic amines) is 1. The second kappa shape index (κ2) is 9.83. The molecule has 1 saturated heterocycles. The van der Waals surface area contributed by atoms with E-state index in [-0.39, 0.29) is 36.2 Å². The fraction of sp³-hybridized carbons (Fsp3) is 0.344. The monoisotopic (exact) mass is 549 g/mol. The Balaban J connectivity index is 1.40. The first-order chi connectivity index (χ1) is 19.9. The van der Waals surface area contributed by atoms with Crippen LogP contribution in [0.1, 0.15) is 55.0 Å². The van der Waals surface area contributed by atoms with E-state index in [0.29, 0.717) is 47.7 Å². The smallest absolute Gasteiger partial charge is 0.320 e. The van der Waals surface area contributed by atoms with Crippen molar-refractivity contribution in [1.29, 1.82) is 0 Å². The molecule has 0 atom stereocenters. The van der Waals surface area contributed by atoms with Gasteiger partial charge in [-0.15, -0.1) is 0 Å². The number of rotatable bonds is 4. The summed E-state index contributed by atoms with van der Waals surface area (Å²) in [5.74, 6) is -0.403. The lowest BCUT2D eigenvalue weighted by Gasteiger charge is -2.32. The summed E-state index contributed by atoms with van der Waals surface area (Å²) in [5, 5.41) is 0.829. The predicted octanol–water partition coefficient (Wildman–Crippen LogP) is 4.29. The molecule has 0 spiro atoms. The molecule has 0 bridgehead atoms. The van der Waals surface area contributed by atoms with Crippen LogP contribution in [0, 0.1) is 0 Å². The van der Waals surface area contributed by atoms with E-state index >= 15 is 0 Å². The molecule has 0 N–H and O–H groups in total. The minimum Gasteiger partial charge on any atom is -0.345 e. The highest BCUT2D eigenvalue weighted by molar-refractivity contribution is 6.51. The molecule has 41 heavy (non-hydrogen) atoms. The number of allylic oxidation sites excluding steroid dienone is 2. The number of hydrogen-bond donors (Lipinski definition) is 0. The van der Waals surface area contributed by atoms with Gasteiger partial charge in [0.1, 0.15) is 11.4 Å². The van der Waals surface area contributed by atoms with E-state index in [2.05, 4.69) is 9.55 Å². The summed E-state index contributed by atoms with van der Waals surface area (Å²) in [4.78, 5) is 60.8. The van der Waals surface area contributed by atoms with Crippen LogP contribution in [0.3, 0.4) is 0 Å². The highest BCUT2D eigenvalue weighted by Gasteiger charge is 2.36. The fourth-order valence-corrected chi connectivity index (χ4v) is 6.72. The minimum atomic E-state index is -0.220. The minimum absolute atomic E-state index is 0.0326. The van der Waals surface area contributed by atoms with Crippen LogP contribution < -0.4 is 0 Å². The number of fused-ring (bicyclic) bond motifs is 1. The first kappa shape index (κ1) is 25.4. The second-order valence-electron chi connectivity index (χ2n) is 11.4. The molecular formula is C32H31N5O4. The molecule has 1 aliphatic carbocycles. The van der Waals surface area contributed by atoms with Crippen molar-refractivity contribution in [3.8, 4) is 0 Å². The molecule has 2 aliphatic heterocycles. The van der Waals surface area contributed by atoms with Gasteiger partial charge in [-0.1, -0.05) is 12.1 Å². The summed E-state index contributed by atoms with van der Waals surface area (Å²) in [6.45, 7) is 4.64. The Morgan fingerprint density at radius 3 is 2.54 bits per heavy atom. The second-order valence-corrected chi connectivity index (χ2v) is 11.4. The van der Waals surface area contributed by atoms with Crippen LogP contribution >= 0.6 is 0 Å². The molecule has 7 rings (SSSR count). The van der Waals surface area contributed by atoms with Crippen LogP contribution in [0.25, 0.3) is 27.7 Å². The highest BCUT2D eigenvalue weighted by Crippen LogP contribution is 2.41. The lowest BCUT2D eigenvalue weighted by atomic mass is 9.95. The molecule has 1 aromatic carbocycles. The van der Waals surface area contributed by atoms with E-state index in [0.717, 1.165) is 54.4 Å². The summed E-state index contributed by atoms with van der Waals surface area (Å²) in [6, 6.07) is 9.66. The van der Waals surface area contributed by atoms with E-state index in [1.54, 1.807) is 13.1 Å². The number of Topliss-reactive ketones (excluding diaryl/α,β-unsaturated/α-hetero) is 3. The van der Waals surface area contributed by atoms with Crippen LogP contribution in [0.15, 0.2) is 48.9 Å². The molecule has 0 unspecified atom stereocenters. The van der Waals surface area contributed by atoms with Crippen LogP contribution in [0.2, 0.25) is 0 Å². The Kier molecular flexibility index (Phi) is 6.10. The Bertz CT molecular complexity index is 1800. The summed E-state index contributed by atoms with van der Waals surface area (Å²) < 4.78 is 3.95. The fourth-order valence-electron chi connectivity index (χ4n) is 6.72. The number of piperidine rings is 1. The average Bonchev–Trinajstić information content (AvgIpc) is 3.58. The van der Waals surface area contributed by atoms with E-state index in [1.807, 2.05) is 56.9 Å². The molecule has 9 nitrogen and oxygen atoms in total. The van der Waals surface area contributed by atoms with Crippen molar-refractivity contribution in [1.82, 2.24) is 23.8 Å². The molecule has 4 aromatic rings. The van der Waals surface area contributed by atoms with Gasteiger partial charge in [-0.3, -0.25) is 18.8 Å². The summed E-state index contributed by atoms with van der Waals surface area (Å²) in [6.07, 6.45) is 8.72. The SMILES string of the molecule is CC(=O)Cc1cc2c3c(c1)c(C1=C(c4cnc5ccccn45)C(=O)CC1=O)cn3CCN(C(=O)N1CCCCC1)C2. The summed E-state index contributed by atoms with van der Waals surface area (Å²) >= 11 is 0. The zero-order valence-corrected chi connectivity index (χ0v) is 23.1. The highest BCUT2D eigenvalue weighted by atomic mass is 16.2. The van der Waals surface area contributed by atoms with E-state index in [1.165, 1.54) is 0 Å². The van der Waals surface area contributed by atoms with Crippen molar-refractivity contribution >= 4 is 51.1 Å². The molecule has 2 amide bonds. The van der Waals surface area contributed by atoms with Gasteiger partial charge in [0.15, 0.2) is 11.6 Å². The Hall–Kier alpha value is -4.53. The molecule has 3 aliphatic rings. The molecule has 208 valence electrons. The molecule has 0 saturated carbocycles. The molecule has 5 heterocycles. The number of amides is 2. The number of aromatic nitrogens is 3. The van der Waals surface area contributed by atoms with Gasteiger partial charge in [0, 0.05) is 68.1 Å². The number of nitrogens with zero attached hydrogens (tertiary/aromatic N) is 5. The van der Waals surface area contributed by atoms with Gasteiger partial charge in [-0.25, -0.2) is 9.78 Å². The lowest BCUT2D eigenvalue weighted by molar-refractivity contribution is -0.120. The van der Waals surface area contributed by atoms with Crippen molar-refractivity contribution < 1.29 is 19.2 Å². The largest absolute Gasteiger partial charge is 0.345 e. The van der Waals surface area contributed by atoms with Gasteiger partial charge in [0.2, 0.25) is 0 Å². The number of imidazole rings is 1. The maximum Gasteiger partial charge on any atom is 0.320 e. The summed E-state index contributed by atoms with van der Waals surface area (Å²) in [5.41, 5.74) is 5.49. The van der Waals surface area contributed by atoms with Crippen LogP contribution in [0.4, 0.5) is 4.79 Å². The molecule has 0 radical (unpaired) electrons. The molecular weight excluding hydrogens is 518 g/mol. The van der Waals surface area contributed by atoms with Gasteiger partial charge >= 0.3 is 6.03 Å². The third-order valence-corrected chi connectivity index (χ3v) is 8.50. The molecule has 3 aromatic heterocycles. The summed E-state index contributed by atoms with van der Waals surface area (Å²) in [7, 11) is 0. The zero-order valence-electron chi connectivity index (χ0n) is 23.1. The maximum atomic E-state index is 13.5. The first-order valence-electron chi connectivity index (χ1n) is 14.3. The Morgan fingerprint density at radius 1 is 0.927 bits per heavy atom. The quantitative estimate of drug-likeness (QED) is 0.354. The van der Waals surface area contributed by atoms with Gasteiger partial charge in [-0.2, -0.15) is 0 Å². The Labute approximate surface area is 237 Å². The van der Waals surface area contributed by atoms with Crippen molar-refractivity contribution in [2.45, 2.75) is 52.1 Å². The maximum absolute atomic E-state index is 13.5. The third-order valence-electron chi connectivity index (χ3n) is 8.50. The van der Waals surface area contributed by atoms with Crippen molar-refractivity contribution in [2.75, 3.05) is 19.6 Å². The number of ketones is 3. The van der Waals surface area contributed by atoms with Crippen molar-refractivity contribution in [2.24, 2.45) is 0 Å². The van der Waals surface area contributed by atoms with Crippen LogP contribution in [-0.4, -0.2) is 66.8 Å². The number of pyridine rings is 1. The van der Waals surface area contributed by atoms with Gasteiger partial charge in [-0.05, 0) is 55.5 Å². The number of carbonyl (C=O) groups is 4. The van der Waals surface area contributed by atoms with Gasteiger partial charge < -0.3 is 14.4 Å². The first-order valence-corrected chi connectivity index (χ1v) is 14.3. The number of urea groups is 1. The lowest BCUT2D eigenvalue weighted by Crippen LogP contribution is -2.45. The Morgan fingerprint density at radius 2 is 1.73 bits per heavy atom. The van der Waals surface area contributed by atoms with Crippen molar-refractivity contribution in [3.63, 3.8) is 0 Å². The average molecular weight is 550 g/mol. The standard InChI is InChI=1S/C32H31N5O4/c1-20(38)13-21-14-22-18-36(32(41)34-8-4-2-5-9-34)12-11-35-19-24(23(15-21)31(22)35)29-26(39)16-27(40)30(29)25-17-33-28-7-3-6-10-37(25)28/h3,6-7,10,14-15,17,19H,2,4-5,8-9,11-13,16,18H2,1H3. The molecule has 9 heteroatoms. The van der Waals surface area contributed by atoms with Gasteiger partial charge in [0.05, 0.1) is 29.4 Å². The third kappa shape index (κ3) is 4.27. The van der Waals surface area contributed by atoms with Crippen LogP contribution in [0.5, 0.6) is 0 Å². The van der Waals surface area contributed by atoms with Gasteiger partial charge in [0.25, 0.3) is 0 Å². The molecule has 1 fully saturated rings. The number of carbonyl (C=O) groups excluding carboxylic acids is 4. The normalized spacial score (nSPS) is 17.7. The number of benzene rings is 1. The number of hydrogen-bond acceptors (Lipinski definition) is 5. The zero-order chi connectivity index (χ0) is 28.2. The van der Waals surface area contributed by atoms with E-state index in [9.17, 15) is 19.2 Å². The van der Waals surface area contributed by atoms with Crippen molar-refractivity contribution in [3.05, 3.63) is 71.3 Å². The van der Waals surface area contributed by atoms with E-state index in [4.69, 9.17) is 0 Å².